The Hall–Kier alpha value is -1.85. The Bertz CT molecular complexity index is 525. The van der Waals surface area contributed by atoms with E-state index in [2.05, 4.69) is 24.3 Å². The van der Waals surface area contributed by atoms with E-state index in [4.69, 9.17) is 0 Å². The average Bonchev–Trinajstić information content (AvgIpc) is 2.95. The second-order valence-corrected chi connectivity index (χ2v) is 5.66. The number of rotatable bonds is 5. The molecule has 116 valence electrons. The van der Waals surface area contributed by atoms with Crippen LogP contribution in [0.4, 0.5) is 0 Å². The molecule has 0 saturated carbocycles. The van der Waals surface area contributed by atoms with E-state index in [1.54, 1.807) is 11.8 Å². The molecule has 2 heterocycles. The summed E-state index contributed by atoms with van der Waals surface area (Å²) in [4.78, 5) is 26.0. The van der Waals surface area contributed by atoms with Crippen LogP contribution in [-0.4, -0.2) is 38.6 Å². The van der Waals surface area contributed by atoms with Crippen molar-refractivity contribution in [3.63, 3.8) is 0 Å². The van der Waals surface area contributed by atoms with Crippen LogP contribution in [0.25, 0.3) is 0 Å². The molecule has 1 N–H and O–H groups in total. The van der Waals surface area contributed by atoms with Crippen molar-refractivity contribution < 1.29 is 9.59 Å². The van der Waals surface area contributed by atoms with E-state index in [0.29, 0.717) is 19.0 Å². The lowest BCUT2D eigenvalue weighted by Crippen LogP contribution is -2.61. The zero-order chi connectivity index (χ0) is 15.6. The summed E-state index contributed by atoms with van der Waals surface area (Å²) in [6, 6.07) is 1.39. The summed E-state index contributed by atoms with van der Waals surface area (Å²) in [7, 11) is 0. The predicted molar refractivity (Wildman–Crippen MR) is 79.5 cm³/mol. The molecule has 2 rings (SSSR count). The summed E-state index contributed by atoms with van der Waals surface area (Å²) in [5.74, 6) is -0.120. The fourth-order valence-electron chi connectivity index (χ4n) is 2.45. The smallest absolute Gasteiger partial charge is 0.246 e. The van der Waals surface area contributed by atoms with Gasteiger partial charge in [-0.2, -0.15) is 5.10 Å². The van der Waals surface area contributed by atoms with E-state index in [-0.39, 0.29) is 11.8 Å². The highest BCUT2D eigenvalue weighted by atomic mass is 16.2. The summed E-state index contributed by atoms with van der Waals surface area (Å²) < 4.78 is 1.91. The van der Waals surface area contributed by atoms with Gasteiger partial charge in [-0.1, -0.05) is 13.8 Å². The minimum Gasteiger partial charge on any atom is -0.343 e. The average molecular weight is 292 g/mol. The van der Waals surface area contributed by atoms with E-state index in [1.165, 1.54) is 0 Å². The summed E-state index contributed by atoms with van der Waals surface area (Å²) in [6.45, 7) is 8.25. The molecule has 3 atom stereocenters. The highest BCUT2D eigenvalue weighted by Crippen LogP contribution is 2.16. The van der Waals surface area contributed by atoms with E-state index < -0.39 is 12.1 Å². The largest absolute Gasteiger partial charge is 0.343 e. The van der Waals surface area contributed by atoms with Crippen molar-refractivity contribution in [3.05, 3.63) is 18.0 Å². The van der Waals surface area contributed by atoms with Crippen molar-refractivity contribution in [1.29, 1.82) is 0 Å². The van der Waals surface area contributed by atoms with Crippen LogP contribution in [0, 0.1) is 0 Å². The van der Waals surface area contributed by atoms with E-state index in [1.807, 2.05) is 23.9 Å². The summed E-state index contributed by atoms with van der Waals surface area (Å²) in [5, 5.41) is 7.27. The molecular formula is C15H24N4O2. The maximum Gasteiger partial charge on any atom is 0.246 e. The first-order valence-corrected chi connectivity index (χ1v) is 7.62. The molecule has 0 aromatic carbocycles. The lowest BCUT2D eigenvalue weighted by atomic mass is 10.1. The number of aromatic nitrogens is 2. The van der Waals surface area contributed by atoms with E-state index in [9.17, 15) is 9.59 Å². The number of piperazine rings is 1. The first-order chi connectivity index (χ1) is 9.97. The number of hydrogen-bond acceptors (Lipinski definition) is 3. The van der Waals surface area contributed by atoms with Gasteiger partial charge in [0.05, 0.1) is 12.2 Å². The van der Waals surface area contributed by atoms with Crippen LogP contribution in [0.2, 0.25) is 0 Å². The summed E-state index contributed by atoms with van der Waals surface area (Å²) >= 11 is 0. The Labute approximate surface area is 125 Å². The van der Waals surface area contributed by atoms with Gasteiger partial charge in [0, 0.05) is 12.2 Å². The number of nitrogens with zero attached hydrogens (tertiary/aromatic N) is 3. The maximum atomic E-state index is 12.4. The molecule has 0 radical (unpaired) electrons. The molecule has 0 bridgehead atoms. The van der Waals surface area contributed by atoms with Gasteiger partial charge < -0.3 is 10.2 Å². The molecule has 1 fully saturated rings. The van der Waals surface area contributed by atoms with Crippen LogP contribution in [0.15, 0.2) is 12.3 Å². The fraction of sp³-hybridized carbons (Fsp3) is 0.667. The maximum absolute atomic E-state index is 12.4. The number of amides is 2. The van der Waals surface area contributed by atoms with Crippen molar-refractivity contribution >= 4 is 11.8 Å². The van der Waals surface area contributed by atoms with Gasteiger partial charge >= 0.3 is 0 Å². The Balaban J connectivity index is 2.14. The molecule has 1 aromatic heterocycles. The van der Waals surface area contributed by atoms with Crippen molar-refractivity contribution in [1.82, 2.24) is 20.0 Å². The molecule has 1 aromatic rings. The molecule has 21 heavy (non-hydrogen) atoms. The van der Waals surface area contributed by atoms with Crippen molar-refractivity contribution in [2.75, 3.05) is 0 Å². The molecule has 6 nitrogen and oxygen atoms in total. The summed E-state index contributed by atoms with van der Waals surface area (Å²) in [6.07, 6.45) is 3.54. The molecule has 2 amide bonds. The zero-order valence-electron chi connectivity index (χ0n) is 13.2. The topological polar surface area (TPSA) is 67.2 Å². The van der Waals surface area contributed by atoms with Gasteiger partial charge in [0.15, 0.2) is 0 Å². The zero-order valence-corrected chi connectivity index (χ0v) is 13.2. The molecule has 1 aliphatic rings. The minimum absolute atomic E-state index is 0.0253. The van der Waals surface area contributed by atoms with Gasteiger partial charge in [-0.15, -0.1) is 0 Å². The Morgan fingerprint density at radius 1 is 1.38 bits per heavy atom. The predicted octanol–water partition coefficient (Wildman–Crippen LogP) is 1.48. The van der Waals surface area contributed by atoms with Crippen molar-refractivity contribution in [3.8, 4) is 0 Å². The third-order valence-corrected chi connectivity index (χ3v) is 4.19. The molecular weight excluding hydrogens is 268 g/mol. The monoisotopic (exact) mass is 292 g/mol. The van der Waals surface area contributed by atoms with Gasteiger partial charge in [0.1, 0.15) is 12.1 Å². The fourth-order valence-corrected chi connectivity index (χ4v) is 2.45. The van der Waals surface area contributed by atoms with E-state index >= 15 is 0 Å². The highest BCUT2D eigenvalue weighted by molar-refractivity contribution is 5.96. The Kier molecular flexibility index (Phi) is 4.65. The van der Waals surface area contributed by atoms with Crippen molar-refractivity contribution in [2.24, 2.45) is 0 Å². The van der Waals surface area contributed by atoms with Gasteiger partial charge in [0.25, 0.3) is 0 Å². The van der Waals surface area contributed by atoms with Gasteiger partial charge in [-0.05, 0) is 32.8 Å². The first-order valence-electron chi connectivity index (χ1n) is 7.62. The standard InChI is InChI=1S/C15H24N4O2/c1-5-10(3)19-8-7-12(17-19)9-18-11(4)14(20)16-13(6-2)15(18)21/h7-8,10-11,13H,5-6,9H2,1-4H3,(H,16,20). The summed E-state index contributed by atoms with van der Waals surface area (Å²) in [5.41, 5.74) is 0.819. The van der Waals surface area contributed by atoms with E-state index in [0.717, 1.165) is 12.1 Å². The Morgan fingerprint density at radius 3 is 2.71 bits per heavy atom. The van der Waals surface area contributed by atoms with Gasteiger partial charge in [0.2, 0.25) is 11.8 Å². The van der Waals surface area contributed by atoms with Crippen LogP contribution < -0.4 is 5.32 Å². The molecule has 3 unspecified atom stereocenters. The van der Waals surface area contributed by atoms with Crippen LogP contribution in [0.1, 0.15) is 52.3 Å². The number of nitrogens with one attached hydrogen (secondary N) is 1. The van der Waals surface area contributed by atoms with Gasteiger partial charge in [-0.25, -0.2) is 0 Å². The quantitative estimate of drug-likeness (QED) is 0.894. The van der Waals surface area contributed by atoms with Crippen LogP contribution in [-0.2, 0) is 16.1 Å². The number of hydrogen-bond donors (Lipinski definition) is 1. The van der Waals surface area contributed by atoms with Crippen LogP contribution in [0.5, 0.6) is 0 Å². The molecule has 0 aliphatic carbocycles. The number of carbonyl (C=O) groups is 2. The molecule has 6 heteroatoms. The lowest BCUT2D eigenvalue weighted by molar-refractivity contribution is -0.149. The first kappa shape index (κ1) is 15.5. The molecule has 1 aliphatic heterocycles. The van der Waals surface area contributed by atoms with Gasteiger partial charge in [-0.3, -0.25) is 14.3 Å². The third kappa shape index (κ3) is 3.09. The molecule has 1 saturated heterocycles. The molecule has 0 spiro atoms. The minimum atomic E-state index is -0.450. The van der Waals surface area contributed by atoms with Crippen molar-refractivity contribution in [2.45, 2.75) is 65.2 Å². The lowest BCUT2D eigenvalue weighted by Gasteiger charge is -2.36. The second kappa shape index (κ2) is 6.28. The second-order valence-electron chi connectivity index (χ2n) is 5.66. The number of carbonyl (C=O) groups excluding carboxylic acids is 2. The van der Waals surface area contributed by atoms with Crippen LogP contribution in [0.3, 0.4) is 0 Å². The third-order valence-electron chi connectivity index (χ3n) is 4.19. The Morgan fingerprint density at radius 2 is 2.10 bits per heavy atom. The normalized spacial score (nSPS) is 24.1. The SMILES string of the molecule is CCC1NC(=O)C(C)N(Cc2ccn(C(C)CC)n2)C1=O. The highest BCUT2D eigenvalue weighted by Gasteiger charge is 2.37. The van der Waals surface area contributed by atoms with Crippen LogP contribution >= 0.6 is 0 Å².